The molecule has 0 unspecified atom stereocenters. The maximum Gasteiger partial charge on any atom is 0.199 e. The zero-order valence-electron chi connectivity index (χ0n) is 18.7. The van der Waals surface area contributed by atoms with Gasteiger partial charge in [-0.3, -0.25) is 0 Å². The van der Waals surface area contributed by atoms with Gasteiger partial charge in [0.25, 0.3) is 0 Å². The summed E-state index contributed by atoms with van der Waals surface area (Å²) >= 11 is 0. The first kappa shape index (κ1) is 23.4. The van der Waals surface area contributed by atoms with Crippen LogP contribution in [0.15, 0.2) is 84.5 Å². The van der Waals surface area contributed by atoms with E-state index in [4.69, 9.17) is 0 Å². The summed E-state index contributed by atoms with van der Waals surface area (Å²) < 4.78 is 2.38. The van der Waals surface area contributed by atoms with Crippen LogP contribution >= 0.6 is 0 Å². The fourth-order valence-electron chi connectivity index (χ4n) is 3.96. The molecule has 3 rings (SSSR count). The van der Waals surface area contributed by atoms with Crippen LogP contribution in [-0.4, -0.2) is 41.9 Å². The Morgan fingerprint density at radius 1 is 0.700 bits per heavy atom. The zero-order chi connectivity index (χ0) is 20.6. The van der Waals surface area contributed by atoms with Crippen LogP contribution in [0.4, 0.5) is 5.69 Å². The SMILES string of the molecule is CCN(CC)c1ccc(C(=C2C=CC(=[N+](CC)CC)C=C2)c2ccccc2)cc1.[OH-]. The summed E-state index contributed by atoms with van der Waals surface area (Å²) in [6.45, 7) is 12.9. The molecule has 3 heteroatoms. The quantitative estimate of drug-likeness (QED) is 0.551. The molecule has 0 aliphatic heterocycles. The average Bonchev–Trinajstić information content (AvgIpc) is 2.78. The number of anilines is 1. The van der Waals surface area contributed by atoms with E-state index in [-0.39, 0.29) is 5.48 Å². The standard InChI is InChI=1S/C27H33N2.H2O/c1-5-28(6-2)25-18-14-23(15-19-25)27(22-12-10-9-11-13-22)24-16-20-26(21-17-24)29(7-3)8-4;/h9-21H,5-8H2,1-4H3;1H2/q+1;/p-1. The minimum absolute atomic E-state index is 0. The van der Waals surface area contributed by atoms with Crippen LogP contribution < -0.4 is 4.90 Å². The van der Waals surface area contributed by atoms with E-state index < -0.39 is 0 Å². The molecule has 1 aliphatic carbocycles. The van der Waals surface area contributed by atoms with E-state index in [1.54, 1.807) is 0 Å². The summed E-state index contributed by atoms with van der Waals surface area (Å²) in [5, 5.41) is 0. The minimum Gasteiger partial charge on any atom is -0.870 e. The molecular weight excluding hydrogens is 368 g/mol. The molecule has 0 radical (unpaired) electrons. The van der Waals surface area contributed by atoms with Gasteiger partial charge >= 0.3 is 0 Å². The predicted octanol–water partition coefficient (Wildman–Crippen LogP) is 5.78. The van der Waals surface area contributed by atoms with Crippen LogP contribution in [-0.2, 0) is 0 Å². The molecule has 2 aromatic rings. The summed E-state index contributed by atoms with van der Waals surface area (Å²) in [6, 6.07) is 19.7. The second kappa shape index (κ2) is 11.3. The molecule has 0 spiro atoms. The Morgan fingerprint density at radius 3 is 1.73 bits per heavy atom. The van der Waals surface area contributed by atoms with Gasteiger partial charge in [-0.2, -0.15) is 0 Å². The summed E-state index contributed by atoms with van der Waals surface area (Å²) in [5.74, 6) is 0. The van der Waals surface area contributed by atoms with Crippen molar-refractivity contribution in [2.24, 2.45) is 0 Å². The number of nitrogens with zero attached hydrogens (tertiary/aromatic N) is 2. The molecule has 2 aromatic carbocycles. The Hall–Kier alpha value is -2.91. The van der Waals surface area contributed by atoms with E-state index >= 15 is 0 Å². The fraction of sp³-hybridized carbons (Fsp3) is 0.296. The molecule has 0 aromatic heterocycles. The summed E-state index contributed by atoms with van der Waals surface area (Å²) in [7, 11) is 0. The average molecular weight is 403 g/mol. The third kappa shape index (κ3) is 5.17. The topological polar surface area (TPSA) is 36.2 Å². The van der Waals surface area contributed by atoms with E-state index in [0.717, 1.165) is 26.2 Å². The highest BCUT2D eigenvalue weighted by Gasteiger charge is 2.14. The van der Waals surface area contributed by atoms with Crippen LogP contribution in [0.2, 0.25) is 0 Å². The van der Waals surface area contributed by atoms with Gasteiger partial charge < -0.3 is 10.4 Å². The van der Waals surface area contributed by atoms with Crippen LogP contribution in [0, 0.1) is 0 Å². The van der Waals surface area contributed by atoms with Crippen molar-refractivity contribution >= 4 is 17.0 Å². The molecule has 0 saturated heterocycles. The zero-order valence-corrected chi connectivity index (χ0v) is 18.7. The van der Waals surface area contributed by atoms with E-state index in [0.29, 0.717) is 0 Å². The minimum atomic E-state index is 0. The van der Waals surface area contributed by atoms with Crippen LogP contribution in [0.3, 0.4) is 0 Å². The molecule has 0 heterocycles. The number of hydrogen-bond donors (Lipinski definition) is 0. The van der Waals surface area contributed by atoms with E-state index in [1.165, 1.54) is 33.7 Å². The van der Waals surface area contributed by atoms with Crippen LogP contribution in [0.1, 0.15) is 38.8 Å². The van der Waals surface area contributed by atoms with Crippen molar-refractivity contribution in [3.8, 4) is 0 Å². The Bertz CT molecular complexity index is 907. The second-order valence-electron chi connectivity index (χ2n) is 7.18. The molecule has 0 bridgehead atoms. The monoisotopic (exact) mass is 402 g/mol. The van der Waals surface area contributed by atoms with Crippen molar-refractivity contribution in [3.05, 3.63) is 95.6 Å². The number of allylic oxidation sites excluding steroid dienone is 5. The van der Waals surface area contributed by atoms with E-state index in [2.05, 4.69) is 116 Å². The van der Waals surface area contributed by atoms with Crippen molar-refractivity contribution in [2.75, 3.05) is 31.1 Å². The lowest BCUT2D eigenvalue weighted by Gasteiger charge is -2.22. The number of hydrogen-bond acceptors (Lipinski definition) is 2. The first-order valence-corrected chi connectivity index (χ1v) is 10.8. The van der Waals surface area contributed by atoms with Crippen molar-refractivity contribution in [1.29, 1.82) is 0 Å². The van der Waals surface area contributed by atoms with E-state index in [1.807, 2.05) is 0 Å². The van der Waals surface area contributed by atoms with Crippen molar-refractivity contribution in [1.82, 2.24) is 0 Å². The second-order valence-corrected chi connectivity index (χ2v) is 7.18. The smallest absolute Gasteiger partial charge is 0.199 e. The highest BCUT2D eigenvalue weighted by atomic mass is 16.0. The molecule has 30 heavy (non-hydrogen) atoms. The molecule has 1 N–H and O–H groups in total. The van der Waals surface area contributed by atoms with Gasteiger partial charge in [0.2, 0.25) is 0 Å². The molecular formula is C27H34N2O. The molecule has 0 saturated carbocycles. The van der Waals surface area contributed by atoms with Crippen molar-refractivity contribution < 1.29 is 10.1 Å². The van der Waals surface area contributed by atoms with Gasteiger partial charge in [-0.05, 0) is 74.3 Å². The third-order valence-corrected chi connectivity index (χ3v) is 5.63. The van der Waals surface area contributed by atoms with Crippen LogP contribution in [0.25, 0.3) is 5.57 Å². The highest BCUT2D eigenvalue weighted by molar-refractivity contribution is 6.04. The molecule has 0 atom stereocenters. The Labute approximate surface area is 181 Å². The lowest BCUT2D eigenvalue weighted by atomic mass is 9.90. The van der Waals surface area contributed by atoms with Crippen molar-refractivity contribution in [3.63, 3.8) is 0 Å². The lowest BCUT2D eigenvalue weighted by Crippen LogP contribution is -2.21. The number of benzene rings is 2. The van der Waals surface area contributed by atoms with Crippen LogP contribution in [0.5, 0.6) is 0 Å². The fourth-order valence-corrected chi connectivity index (χ4v) is 3.96. The van der Waals surface area contributed by atoms with E-state index in [9.17, 15) is 0 Å². The Morgan fingerprint density at radius 2 is 1.23 bits per heavy atom. The Balaban J connectivity index is 0.00000320. The van der Waals surface area contributed by atoms with Crippen molar-refractivity contribution in [2.45, 2.75) is 27.7 Å². The number of rotatable bonds is 7. The summed E-state index contributed by atoms with van der Waals surface area (Å²) in [4.78, 5) is 2.38. The first-order chi connectivity index (χ1) is 14.2. The maximum absolute atomic E-state index is 2.38. The first-order valence-electron chi connectivity index (χ1n) is 10.8. The van der Waals surface area contributed by atoms with Gasteiger partial charge in [0.05, 0.1) is 0 Å². The van der Waals surface area contributed by atoms with Gasteiger partial charge in [0.15, 0.2) is 5.71 Å². The lowest BCUT2D eigenvalue weighted by molar-refractivity contribution is -0.519. The molecule has 158 valence electrons. The van der Waals surface area contributed by atoms with Gasteiger partial charge in [0.1, 0.15) is 13.1 Å². The largest absolute Gasteiger partial charge is 0.870 e. The molecule has 3 nitrogen and oxygen atoms in total. The van der Waals surface area contributed by atoms with Gasteiger partial charge in [-0.15, -0.1) is 0 Å². The third-order valence-electron chi connectivity index (χ3n) is 5.63. The summed E-state index contributed by atoms with van der Waals surface area (Å²) in [5.41, 5.74) is 7.60. The van der Waals surface area contributed by atoms with Gasteiger partial charge in [-0.25, -0.2) is 4.58 Å². The van der Waals surface area contributed by atoms with Gasteiger partial charge in [-0.1, -0.05) is 42.5 Å². The molecule has 0 fully saturated rings. The normalized spacial score (nSPS) is 12.5. The van der Waals surface area contributed by atoms with Gasteiger partial charge in [0, 0.05) is 30.9 Å². The molecule has 0 amide bonds. The summed E-state index contributed by atoms with van der Waals surface area (Å²) in [6.07, 6.45) is 9.01. The predicted molar refractivity (Wildman–Crippen MR) is 129 cm³/mol. The molecule has 1 aliphatic rings. The highest BCUT2D eigenvalue weighted by Crippen LogP contribution is 2.30. The maximum atomic E-state index is 2.38. The Kier molecular flexibility index (Phi) is 8.82.